The smallest absolute Gasteiger partial charge is 0.261 e. The first-order chi connectivity index (χ1) is 11.1. The zero-order valence-corrected chi connectivity index (χ0v) is 14.1. The lowest BCUT2D eigenvalue weighted by molar-refractivity contribution is -0.116. The fourth-order valence-electron chi connectivity index (χ4n) is 2.04. The Bertz CT molecular complexity index is 898. The third kappa shape index (κ3) is 3.70. The van der Waals surface area contributed by atoms with E-state index in [1.54, 1.807) is 0 Å². The van der Waals surface area contributed by atoms with Gasteiger partial charge in [-0.05, 0) is 42.8 Å². The molecule has 5 nitrogen and oxygen atoms in total. The van der Waals surface area contributed by atoms with Crippen LogP contribution in [0.4, 0.5) is 20.2 Å². The Hall–Kier alpha value is -2.48. The topological polar surface area (TPSA) is 66.5 Å². The molecule has 0 aliphatic rings. The maximum Gasteiger partial charge on any atom is 0.261 e. The van der Waals surface area contributed by atoms with Gasteiger partial charge in [-0.15, -0.1) is 0 Å². The number of carbonyl (C=O) groups is 1. The van der Waals surface area contributed by atoms with Crippen LogP contribution in [0.3, 0.4) is 0 Å². The highest BCUT2D eigenvalue weighted by atomic mass is 32.2. The monoisotopic (exact) mass is 354 g/mol. The third-order valence-electron chi connectivity index (χ3n) is 3.48. The standard InChI is InChI=1S/C16H16F2N2O3S/c1-10-8-13(5-6-14(10)18)24(22,23)19-15-9-12(17)4-7-16(15)20(3)11(2)21/h4-9,19H,1-3H3. The Labute approximate surface area is 139 Å². The summed E-state index contributed by atoms with van der Waals surface area (Å²) in [5.41, 5.74) is 0.277. The van der Waals surface area contributed by atoms with Gasteiger partial charge in [-0.2, -0.15) is 0 Å². The number of anilines is 2. The molecular weight excluding hydrogens is 338 g/mol. The summed E-state index contributed by atoms with van der Waals surface area (Å²) in [5.74, 6) is -1.54. The van der Waals surface area contributed by atoms with Gasteiger partial charge in [0.25, 0.3) is 10.0 Å². The molecule has 0 saturated carbocycles. The molecule has 0 aliphatic heterocycles. The predicted octanol–water partition coefficient (Wildman–Crippen LogP) is 3.06. The number of nitrogens with one attached hydrogen (secondary N) is 1. The summed E-state index contributed by atoms with van der Waals surface area (Å²) in [6, 6.07) is 6.71. The Balaban J connectivity index is 2.47. The number of sulfonamides is 1. The highest BCUT2D eigenvalue weighted by Crippen LogP contribution is 2.29. The van der Waals surface area contributed by atoms with Gasteiger partial charge in [-0.25, -0.2) is 17.2 Å². The van der Waals surface area contributed by atoms with Crippen LogP contribution in [0.1, 0.15) is 12.5 Å². The number of benzene rings is 2. The Morgan fingerprint density at radius 2 is 1.79 bits per heavy atom. The van der Waals surface area contributed by atoms with Gasteiger partial charge in [0.2, 0.25) is 5.91 Å². The largest absolute Gasteiger partial charge is 0.314 e. The van der Waals surface area contributed by atoms with Crippen molar-refractivity contribution in [3.05, 3.63) is 53.6 Å². The maximum atomic E-state index is 13.5. The number of rotatable bonds is 4. The molecule has 0 fully saturated rings. The fourth-order valence-corrected chi connectivity index (χ4v) is 3.19. The molecule has 1 amide bonds. The van der Waals surface area contributed by atoms with Gasteiger partial charge >= 0.3 is 0 Å². The van der Waals surface area contributed by atoms with E-state index in [-0.39, 0.29) is 27.7 Å². The van der Waals surface area contributed by atoms with Gasteiger partial charge in [0, 0.05) is 20.0 Å². The SMILES string of the molecule is CC(=O)N(C)c1ccc(F)cc1NS(=O)(=O)c1ccc(F)c(C)c1. The van der Waals surface area contributed by atoms with Gasteiger partial charge in [0.05, 0.1) is 16.3 Å². The van der Waals surface area contributed by atoms with E-state index < -0.39 is 21.7 Å². The molecular formula is C16H16F2N2O3S. The van der Waals surface area contributed by atoms with Crippen molar-refractivity contribution in [2.75, 3.05) is 16.7 Å². The van der Waals surface area contributed by atoms with Gasteiger partial charge in [-0.1, -0.05) is 0 Å². The zero-order chi connectivity index (χ0) is 18.1. The highest BCUT2D eigenvalue weighted by Gasteiger charge is 2.20. The van der Waals surface area contributed by atoms with E-state index in [1.165, 1.54) is 37.9 Å². The minimum absolute atomic E-state index is 0.0883. The molecule has 2 rings (SSSR count). The molecule has 8 heteroatoms. The molecule has 0 heterocycles. The molecule has 2 aromatic rings. The Morgan fingerprint density at radius 1 is 1.12 bits per heavy atom. The van der Waals surface area contributed by atoms with Crippen LogP contribution in [0.5, 0.6) is 0 Å². The molecule has 0 aromatic heterocycles. The number of amides is 1. The van der Waals surface area contributed by atoms with Crippen LogP contribution in [0.25, 0.3) is 0 Å². The van der Waals surface area contributed by atoms with Crippen LogP contribution < -0.4 is 9.62 Å². The van der Waals surface area contributed by atoms with Crippen molar-refractivity contribution in [1.29, 1.82) is 0 Å². The van der Waals surface area contributed by atoms with Crippen molar-refractivity contribution in [2.45, 2.75) is 18.7 Å². The van der Waals surface area contributed by atoms with Gasteiger partial charge in [0.15, 0.2) is 0 Å². The first kappa shape index (κ1) is 17.9. The number of nitrogens with zero attached hydrogens (tertiary/aromatic N) is 1. The molecule has 0 unspecified atom stereocenters. The number of aryl methyl sites for hydroxylation is 1. The van der Waals surface area contributed by atoms with Gasteiger partial charge < -0.3 is 4.90 Å². The van der Waals surface area contributed by atoms with E-state index in [9.17, 15) is 22.0 Å². The minimum atomic E-state index is -4.07. The summed E-state index contributed by atoms with van der Waals surface area (Å²) < 4.78 is 54.0. The molecule has 1 N–H and O–H groups in total. The fraction of sp³-hybridized carbons (Fsp3) is 0.188. The molecule has 0 bridgehead atoms. The lowest BCUT2D eigenvalue weighted by atomic mass is 10.2. The number of hydrogen-bond donors (Lipinski definition) is 1. The molecule has 0 saturated heterocycles. The Morgan fingerprint density at radius 3 is 2.38 bits per heavy atom. The maximum absolute atomic E-state index is 13.5. The van der Waals surface area contributed by atoms with Gasteiger partial charge in [0.1, 0.15) is 11.6 Å². The normalized spacial score (nSPS) is 11.2. The van der Waals surface area contributed by atoms with E-state index in [0.717, 1.165) is 24.3 Å². The molecule has 0 aliphatic carbocycles. The van der Waals surface area contributed by atoms with Crippen molar-refractivity contribution in [1.82, 2.24) is 0 Å². The quantitative estimate of drug-likeness (QED) is 0.918. The predicted molar refractivity (Wildman–Crippen MR) is 87.4 cm³/mol. The zero-order valence-electron chi connectivity index (χ0n) is 13.3. The first-order valence-corrected chi connectivity index (χ1v) is 8.43. The summed E-state index contributed by atoms with van der Waals surface area (Å²) in [4.78, 5) is 12.5. The van der Waals surface area contributed by atoms with E-state index in [0.29, 0.717) is 0 Å². The van der Waals surface area contributed by atoms with Crippen LogP contribution in [-0.4, -0.2) is 21.4 Å². The average molecular weight is 354 g/mol. The summed E-state index contributed by atoms with van der Waals surface area (Å²) in [5, 5.41) is 0. The molecule has 0 radical (unpaired) electrons. The number of carbonyl (C=O) groups excluding carboxylic acids is 1. The third-order valence-corrected chi connectivity index (χ3v) is 4.84. The summed E-state index contributed by atoms with van der Waals surface area (Å²) in [6.07, 6.45) is 0. The van der Waals surface area contributed by atoms with Gasteiger partial charge in [-0.3, -0.25) is 9.52 Å². The van der Waals surface area contributed by atoms with Crippen molar-refractivity contribution in [3.8, 4) is 0 Å². The van der Waals surface area contributed by atoms with E-state index in [2.05, 4.69) is 4.72 Å². The lowest BCUT2D eigenvalue weighted by Crippen LogP contribution is -2.25. The van der Waals surface area contributed by atoms with Crippen molar-refractivity contribution in [3.63, 3.8) is 0 Å². The van der Waals surface area contributed by atoms with Crippen molar-refractivity contribution in [2.24, 2.45) is 0 Å². The Kier molecular flexibility index (Phi) is 4.88. The van der Waals surface area contributed by atoms with Crippen LogP contribution in [0, 0.1) is 18.6 Å². The molecule has 128 valence electrons. The summed E-state index contributed by atoms with van der Waals surface area (Å²) in [7, 11) is -2.63. The molecule has 24 heavy (non-hydrogen) atoms. The minimum Gasteiger partial charge on any atom is -0.314 e. The van der Waals surface area contributed by atoms with E-state index >= 15 is 0 Å². The highest BCUT2D eigenvalue weighted by molar-refractivity contribution is 7.92. The second-order valence-corrected chi connectivity index (χ2v) is 6.94. The van der Waals surface area contributed by atoms with E-state index in [1.807, 2.05) is 0 Å². The van der Waals surface area contributed by atoms with Crippen molar-refractivity contribution >= 4 is 27.3 Å². The second kappa shape index (κ2) is 6.56. The molecule has 2 aromatic carbocycles. The van der Waals surface area contributed by atoms with Crippen LogP contribution in [-0.2, 0) is 14.8 Å². The number of hydrogen-bond acceptors (Lipinski definition) is 3. The molecule has 0 spiro atoms. The number of halogens is 2. The lowest BCUT2D eigenvalue weighted by Gasteiger charge is -2.20. The summed E-state index contributed by atoms with van der Waals surface area (Å²) >= 11 is 0. The van der Waals surface area contributed by atoms with E-state index in [4.69, 9.17) is 0 Å². The van der Waals surface area contributed by atoms with Crippen LogP contribution in [0.15, 0.2) is 41.3 Å². The average Bonchev–Trinajstić information content (AvgIpc) is 2.49. The van der Waals surface area contributed by atoms with Crippen molar-refractivity contribution < 1.29 is 22.0 Å². The van der Waals surface area contributed by atoms with Crippen LogP contribution in [0.2, 0.25) is 0 Å². The van der Waals surface area contributed by atoms with Crippen LogP contribution >= 0.6 is 0 Å². The summed E-state index contributed by atoms with van der Waals surface area (Å²) in [6.45, 7) is 2.73. The second-order valence-electron chi connectivity index (χ2n) is 5.26. The molecule has 0 atom stereocenters. The first-order valence-electron chi connectivity index (χ1n) is 6.94.